The number of fused-ring (bicyclic) bond motifs is 2. The van der Waals surface area contributed by atoms with Gasteiger partial charge in [-0.2, -0.15) is 5.10 Å². The maximum Gasteiger partial charge on any atom is 0.162 e. The van der Waals surface area contributed by atoms with Crippen molar-refractivity contribution in [2.45, 2.75) is 38.1 Å². The fraction of sp³-hybridized carbons (Fsp3) is 0.423. The lowest BCUT2D eigenvalue weighted by Gasteiger charge is -2.42. The van der Waals surface area contributed by atoms with E-state index in [1.807, 2.05) is 29.9 Å². The van der Waals surface area contributed by atoms with Crippen molar-refractivity contribution in [3.63, 3.8) is 0 Å². The van der Waals surface area contributed by atoms with Crippen molar-refractivity contribution in [2.24, 2.45) is 0 Å². The van der Waals surface area contributed by atoms with Crippen LogP contribution in [0.1, 0.15) is 31.4 Å². The Morgan fingerprint density at radius 2 is 1.85 bits per heavy atom. The summed E-state index contributed by atoms with van der Waals surface area (Å²) < 4.78 is 1.93. The van der Waals surface area contributed by atoms with Crippen molar-refractivity contribution < 1.29 is 0 Å². The lowest BCUT2D eigenvalue weighted by molar-refractivity contribution is 0.218. The first-order chi connectivity index (χ1) is 16.2. The van der Waals surface area contributed by atoms with Gasteiger partial charge in [0.25, 0.3) is 0 Å². The van der Waals surface area contributed by atoms with Crippen LogP contribution >= 0.6 is 0 Å². The van der Waals surface area contributed by atoms with Crippen LogP contribution in [0.15, 0.2) is 48.9 Å². The lowest BCUT2D eigenvalue weighted by Crippen LogP contribution is -2.55. The first kappa shape index (κ1) is 20.6. The minimum Gasteiger partial charge on any atom is -0.368 e. The van der Waals surface area contributed by atoms with E-state index in [-0.39, 0.29) is 0 Å². The van der Waals surface area contributed by atoms with Crippen molar-refractivity contribution in [1.82, 2.24) is 30.2 Å². The Morgan fingerprint density at radius 1 is 0.970 bits per heavy atom. The molecule has 0 unspecified atom stereocenters. The highest BCUT2D eigenvalue weighted by atomic mass is 15.3. The molecule has 5 heterocycles. The number of hydrogen-bond acceptors (Lipinski definition) is 6. The molecule has 7 nitrogen and oxygen atoms in total. The van der Waals surface area contributed by atoms with E-state index in [0.29, 0.717) is 5.54 Å². The van der Waals surface area contributed by atoms with E-state index >= 15 is 0 Å². The van der Waals surface area contributed by atoms with E-state index in [1.165, 1.54) is 25.7 Å². The minimum atomic E-state index is 0.335. The predicted molar refractivity (Wildman–Crippen MR) is 133 cm³/mol. The zero-order chi connectivity index (χ0) is 22.3. The van der Waals surface area contributed by atoms with Gasteiger partial charge in [0.05, 0.1) is 29.8 Å². The van der Waals surface area contributed by atoms with Crippen LogP contribution in [0, 0.1) is 6.92 Å². The van der Waals surface area contributed by atoms with E-state index in [2.05, 4.69) is 56.1 Å². The first-order valence-corrected chi connectivity index (χ1v) is 12.1. The summed E-state index contributed by atoms with van der Waals surface area (Å²) in [5.74, 6) is 0. The number of nitrogens with one attached hydrogen (secondary N) is 2. The third-order valence-electron chi connectivity index (χ3n) is 7.37. The molecule has 6 rings (SSSR count). The number of hydrogen-bond donors (Lipinski definition) is 2. The van der Waals surface area contributed by atoms with Crippen molar-refractivity contribution in [3.8, 4) is 11.1 Å². The second-order valence-corrected chi connectivity index (χ2v) is 9.51. The van der Waals surface area contributed by atoms with Crippen molar-refractivity contribution in [2.75, 3.05) is 37.6 Å². The molecule has 7 heteroatoms. The van der Waals surface area contributed by atoms with Crippen LogP contribution in [0.25, 0.3) is 27.7 Å². The van der Waals surface area contributed by atoms with Crippen LogP contribution in [0.4, 0.5) is 5.69 Å². The standard InChI is InChI=1S/C26H31N7/c1-19-15-22(21-5-2-3-6-24(21)31-19)23-17-30-33-18-20(16-28-25(23)33)32-13-4-7-26(29-12-14-32)8-10-27-11-9-26/h2-3,5-6,15-18,27,29H,4,7-14H2,1H3. The molecule has 0 radical (unpaired) electrons. The molecule has 3 aromatic heterocycles. The average molecular weight is 442 g/mol. The lowest BCUT2D eigenvalue weighted by atomic mass is 9.83. The molecule has 1 spiro atoms. The van der Waals surface area contributed by atoms with E-state index < -0.39 is 0 Å². The molecule has 0 saturated carbocycles. The number of para-hydroxylation sites is 1. The Labute approximate surface area is 194 Å². The van der Waals surface area contributed by atoms with Gasteiger partial charge in [-0.05, 0) is 63.4 Å². The zero-order valence-corrected chi connectivity index (χ0v) is 19.2. The maximum absolute atomic E-state index is 4.88. The summed E-state index contributed by atoms with van der Waals surface area (Å²) in [5.41, 5.74) is 6.54. The quantitative estimate of drug-likeness (QED) is 0.496. The largest absolute Gasteiger partial charge is 0.368 e. The van der Waals surface area contributed by atoms with Crippen LogP contribution in [0.2, 0.25) is 0 Å². The summed E-state index contributed by atoms with van der Waals surface area (Å²) in [5, 5.41) is 13.2. The van der Waals surface area contributed by atoms with E-state index in [4.69, 9.17) is 4.98 Å². The molecular formula is C26H31N7. The smallest absolute Gasteiger partial charge is 0.162 e. The molecule has 2 saturated heterocycles. The normalized spacial score (nSPS) is 19.1. The number of pyridine rings is 1. The van der Waals surface area contributed by atoms with Gasteiger partial charge in [-0.1, -0.05) is 18.2 Å². The molecule has 2 aliphatic heterocycles. The van der Waals surface area contributed by atoms with Crippen LogP contribution in [-0.4, -0.2) is 57.8 Å². The third-order valence-corrected chi connectivity index (χ3v) is 7.37. The average Bonchev–Trinajstić information content (AvgIpc) is 3.25. The Balaban J connectivity index is 1.28. The van der Waals surface area contributed by atoms with E-state index in [0.717, 1.165) is 71.8 Å². The van der Waals surface area contributed by atoms with E-state index in [1.54, 1.807) is 0 Å². The van der Waals surface area contributed by atoms with Gasteiger partial charge in [-0.15, -0.1) is 0 Å². The Morgan fingerprint density at radius 3 is 2.76 bits per heavy atom. The SMILES string of the molecule is Cc1cc(-c2cnn3cc(N4CCCC5(CCNCC5)NCC4)cnc23)c2ccccc2n1. The molecule has 0 bridgehead atoms. The summed E-state index contributed by atoms with van der Waals surface area (Å²) in [7, 11) is 0. The predicted octanol–water partition coefficient (Wildman–Crippen LogP) is 3.56. The summed E-state index contributed by atoms with van der Waals surface area (Å²) >= 11 is 0. The second kappa shape index (κ2) is 8.39. The van der Waals surface area contributed by atoms with Crippen LogP contribution in [0.3, 0.4) is 0 Å². The summed E-state index contributed by atoms with van der Waals surface area (Å²) in [6.07, 6.45) is 11.0. The van der Waals surface area contributed by atoms with Gasteiger partial charge < -0.3 is 15.5 Å². The third kappa shape index (κ3) is 3.85. The molecule has 2 N–H and O–H groups in total. The highest BCUT2D eigenvalue weighted by Gasteiger charge is 2.32. The maximum atomic E-state index is 4.88. The fourth-order valence-electron chi connectivity index (χ4n) is 5.60. The Hall–Kier alpha value is -3.03. The van der Waals surface area contributed by atoms with Gasteiger partial charge in [-0.3, -0.25) is 4.98 Å². The van der Waals surface area contributed by atoms with Gasteiger partial charge in [0, 0.05) is 41.8 Å². The van der Waals surface area contributed by atoms with Crippen LogP contribution < -0.4 is 15.5 Å². The molecule has 2 fully saturated rings. The summed E-state index contributed by atoms with van der Waals surface area (Å²) in [6.45, 7) is 7.36. The summed E-state index contributed by atoms with van der Waals surface area (Å²) in [6, 6.07) is 10.4. The second-order valence-electron chi connectivity index (χ2n) is 9.51. The summed E-state index contributed by atoms with van der Waals surface area (Å²) in [4.78, 5) is 12.0. The van der Waals surface area contributed by atoms with Crippen LogP contribution in [0.5, 0.6) is 0 Å². The molecule has 0 amide bonds. The number of nitrogens with zero attached hydrogens (tertiary/aromatic N) is 5. The number of benzene rings is 1. The van der Waals surface area contributed by atoms with Gasteiger partial charge >= 0.3 is 0 Å². The van der Waals surface area contributed by atoms with Crippen molar-refractivity contribution in [3.05, 3.63) is 54.6 Å². The Bertz CT molecular complexity index is 1280. The molecule has 0 atom stereocenters. The Kier molecular flexibility index (Phi) is 5.23. The van der Waals surface area contributed by atoms with Crippen molar-refractivity contribution >= 4 is 22.2 Å². The molecular weight excluding hydrogens is 410 g/mol. The molecule has 0 aliphatic carbocycles. The highest BCUT2D eigenvalue weighted by Crippen LogP contribution is 2.32. The van der Waals surface area contributed by atoms with Gasteiger partial charge in [0.15, 0.2) is 5.65 Å². The molecule has 33 heavy (non-hydrogen) atoms. The van der Waals surface area contributed by atoms with Gasteiger partial charge in [0.2, 0.25) is 0 Å². The molecule has 170 valence electrons. The molecule has 4 aromatic rings. The monoisotopic (exact) mass is 441 g/mol. The van der Waals surface area contributed by atoms with Gasteiger partial charge in [-0.25, -0.2) is 9.50 Å². The number of anilines is 1. The van der Waals surface area contributed by atoms with Crippen molar-refractivity contribution in [1.29, 1.82) is 0 Å². The number of aromatic nitrogens is 4. The number of rotatable bonds is 2. The minimum absolute atomic E-state index is 0.335. The number of piperidine rings is 1. The highest BCUT2D eigenvalue weighted by molar-refractivity contribution is 5.98. The topological polar surface area (TPSA) is 70.4 Å². The molecule has 2 aliphatic rings. The first-order valence-electron chi connectivity index (χ1n) is 12.1. The molecule has 1 aromatic carbocycles. The number of aryl methyl sites for hydroxylation is 1. The van der Waals surface area contributed by atoms with E-state index in [9.17, 15) is 0 Å². The zero-order valence-electron chi connectivity index (χ0n) is 19.2. The fourth-order valence-corrected chi connectivity index (χ4v) is 5.60. The van der Waals surface area contributed by atoms with Crippen LogP contribution in [-0.2, 0) is 0 Å². The van der Waals surface area contributed by atoms with Gasteiger partial charge in [0.1, 0.15) is 0 Å².